The summed E-state index contributed by atoms with van der Waals surface area (Å²) in [6.45, 7) is 0. The van der Waals surface area contributed by atoms with Crippen LogP contribution >= 0.6 is 24.2 Å². The van der Waals surface area contributed by atoms with Gasteiger partial charge < -0.3 is 0 Å². The van der Waals surface area contributed by atoms with Crippen LogP contribution in [0.2, 0.25) is 0 Å². The molecule has 0 bridgehead atoms. The second-order valence-corrected chi connectivity index (χ2v) is 14.5. The number of allylic oxidation sites excluding steroid dienone is 1. The Hall–Kier alpha value is -6.54. The molecule has 254 valence electrons. The Balaban J connectivity index is 1.05. The lowest BCUT2D eigenvalue weighted by Crippen LogP contribution is -2.18. The van der Waals surface area contributed by atoms with Crippen LogP contribution in [-0.4, -0.2) is 26.4 Å². The van der Waals surface area contributed by atoms with Gasteiger partial charge in [0.15, 0.2) is 5.82 Å². The van der Waals surface area contributed by atoms with Gasteiger partial charge in [0, 0.05) is 58.9 Å². The normalized spacial score (nSPS) is 13.3. The predicted octanol–water partition coefficient (Wildman–Crippen LogP) is 12.4. The van der Waals surface area contributed by atoms with Crippen molar-refractivity contribution in [2.24, 2.45) is 4.40 Å². The Morgan fingerprint density at radius 1 is 0.537 bits per heavy atom. The minimum absolute atomic E-state index is 0.326. The van der Waals surface area contributed by atoms with E-state index in [0.717, 1.165) is 61.4 Å². The molecule has 6 aromatic carbocycles. The van der Waals surface area contributed by atoms with Crippen LogP contribution in [0.15, 0.2) is 162 Å². The Kier molecular flexibility index (Phi) is 7.82. The zero-order valence-corrected chi connectivity index (χ0v) is 30.4. The number of nitrogens with zero attached hydrogens (tertiary/aromatic N) is 4. The summed E-state index contributed by atoms with van der Waals surface area (Å²) in [6, 6.07) is 52.5. The molecule has 9 aromatic rings. The van der Waals surface area contributed by atoms with Crippen LogP contribution in [0.4, 0.5) is 0 Å². The number of hydrogen-bond donors (Lipinski definition) is 2. The number of rotatable bonds is 5. The first kappa shape index (κ1) is 32.1. The molecule has 1 aliphatic carbocycles. The largest absolute Gasteiger partial charge is 0.299 e. The molecule has 0 radical (unpaired) electrons. The van der Waals surface area contributed by atoms with Gasteiger partial charge in [-0.1, -0.05) is 133 Å². The number of para-hydroxylation sites is 1. The van der Waals surface area contributed by atoms with Gasteiger partial charge in [-0.15, -0.1) is 11.3 Å². The highest BCUT2D eigenvalue weighted by Gasteiger charge is 2.24. The van der Waals surface area contributed by atoms with Gasteiger partial charge in [0.25, 0.3) is 0 Å². The number of hydrogen-bond acceptors (Lipinski definition) is 7. The lowest BCUT2D eigenvalue weighted by atomic mass is 9.88. The fraction of sp³-hybridized carbons (Fsp3) is 0. The molecular weight excluding hydrogens is 699 g/mol. The zero-order chi connectivity index (χ0) is 36.2. The van der Waals surface area contributed by atoms with Crippen molar-refractivity contribution in [2.45, 2.75) is 0 Å². The number of nitrogens with one attached hydrogen (secondary N) is 1. The third kappa shape index (κ3) is 5.45. The van der Waals surface area contributed by atoms with E-state index >= 15 is 0 Å². The van der Waals surface area contributed by atoms with E-state index in [0.29, 0.717) is 17.2 Å². The van der Waals surface area contributed by atoms with Gasteiger partial charge in [0.05, 0.1) is 28.3 Å². The van der Waals surface area contributed by atoms with Crippen LogP contribution in [0.3, 0.4) is 0 Å². The van der Waals surface area contributed by atoms with Crippen LogP contribution in [0, 0.1) is 5.41 Å². The van der Waals surface area contributed by atoms with Gasteiger partial charge in [-0.25, -0.2) is 19.3 Å². The molecule has 1 aliphatic rings. The maximum absolute atomic E-state index is 8.51. The number of aromatic nitrogens is 3. The van der Waals surface area contributed by atoms with Crippen LogP contribution in [0.5, 0.6) is 0 Å². The summed E-state index contributed by atoms with van der Waals surface area (Å²) in [5.74, 6) is 0.669. The van der Waals surface area contributed by atoms with Gasteiger partial charge >= 0.3 is 0 Å². The Labute approximate surface area is 321 Å². The molecule has 10 rings (SSSR count). The lowest BCUT2D eigenvalue weighted by molar-refractivity contribution is 1.18. The molecule has 0 atom stereocenters. The molecule has 0 aliphatic heterocycles. The van der Waals surface area contributed by atoms with Crippen molar-refractivity contribution in [3.05, 3.63) is 169 Å². The maximum Gasteiger partial charge on any atom is 0.160 e. The van der Waals surface area contributed by atoms with Gasteiger partial charge in [-0.3, -0.25) is 5.41 Å². The van der Waals surface area contributed by atoms with Crippen molar-refractivity contribution < 1.29 is 0 Å². The molecule has 0 amide bonds. The van der Waals surface area contributed by atoms with Crippen LogP contribution in [0.1, 0.15) is 11.1 Å². The molecule has 0 saturated heterocycles. The number of benzene rings is 6. The van der Waals surface area contributed by atoms with E-state index in [9.17, 15) is 0 Å². The van der Waals surface area contributed by atoms with Crippen LogP contribution in [-0.2, 0) is 0 Å². The predicted molar refractivity (Wildman–Crippen MR) is 230 cm³/mol. The average Bonchev–Trinajstić information content (AvgIpc) is 3.63. The number of thiol groups is 1. The molecule has 54 heavy (non-hydrogen) atoms. The van der Waals surface area contributed by atoms with E-state index in [1.165, 1.54) is 31.3 Å². The average molecular weight is 728 g/mol. The van der Waals surface area contributed by atoms with Gasteiger partial charge in [-0.05, 0) is 54.3 Å². The van der Waals surface area contributed by atoms with E-state index in [2.05, 4.69) is 114 Å². The molecule has 3 heterocycles. The second kappa shape index (κ2) is 13.1. The van der Waals surface area contributed by atoms with E-state index in [1.54, 1.807) is 6.08 Å². The summed E-state index contributed by atoms with van der Waals surface area (Å²) in [6.07, 6.45) is 3.72. The van der Waals surface area contributed by atoms with Crippen molar-refractivity contribution >= 4 is 72.7 Å². The first-order valence-electron chi connectivity index (χ1n) is 17.6. The maximum atomic E-state index is 8.51. The molecule has 0 saturated carbocycles. The molecule has 7 heteroatoms. The quantitative estimate of drug-likeness (QED) is 0.173. The summed E-state index contributed by atoms with van der Waals surface area (Å²) in [7, 11) is 0. The van der Waals surface area contributed by atoms with Crippen molar-refractivity contribution in [2.75, 3.05) is 0 Å². The van der Waals surface area contributed by atoms with Gasteiger partial charge in [0.2, 0.25) is 0 Å². The van der Waals surface area contributed by atoms with Crippen molar-refractivity contribution in [3.8, 4) is 56.3 Å². The van der Waals surface area contributed by atoms with Crippen LogP contribution in [0.25, 0.3) is 93.4 Å². The molecule has 1 N–H and O–H groups in total. The molecule has 3 aromatic heterocycles. The molecular formula is C47H29N5S2. The third-order valence-electron chi connectivity index (χ3n) is 10.0. The second-order valence-electron chi connectivity index (χ2n) is 13.2. The Morgan fingerprint density at radius 2 is 1.17 bits per heavy atom. The number of fused-ring (bicyclic) bond motifs is 6. The fourth-order valence-corrected chi connectivity index (χ4v) is 8.85. The molecule has 5 nitrogen and oxygen atoms in total. The number of pyridine rings is 1. The molecule has 0 unspecified atom stereocenters. The SMILES string of the molecule is N=C1C=Cc2c(-c3ccc(-c4cc(-c5ccc(-c6cccc7c6sc6ccccc67)cc5)nc(-c5ccccc5)n4)cc3)nc3ccccc3c2C1=NS. The fourth-order valence-electron chi connectivity index (χ4n) is 7.40. The van der Waals surface area contributed by atoms with Crippen molar-refractivity contribution in [1.29, 1.82) is 5.41 Å². The first-order chi connectivity index (χ1) is 26.6. The van der Waals surface area contributed by atoms with Gasteiger partial charge in [-0.2, -0.15) is 0 Å². The zero-order valence-electron chi connectivity index (χ0n) is 28.7. The van der Waals surface area contributed by atoms with E-state index in [1.807, 2.05) is 72.0 Å². The van der Waals surface area contributed by atoms with E-state index < -0.39 is 0 Å². The molecule has 0 fully saturated rings. The highest BCUT2D eigenvalue weighted by molar-refractivity contribution is 7.79. The van der Waals surface area contributed by atoms with Gasteiger partial charge in [0.1, 0.15) is 5.71 Å². The summed E-state index contributed by atoms with van der Waals surface area (Å²) < 4.78 is 6.81. The first-order valence-corrected chi connectivity index (χ1v) is 18.8. The van der Waals surface area contributed by atoms with Crippen LogP contribution < -0.4 is 0 Å². The topological polar surface area (TPSA) is 74.9 Å². The monoisotopic (exact) mass is 727 g/mol. The molecule has 0 spiro atoms. The summed E-state index contributed by atoms with van der Waals surface area (Å²) in [5, 5.41) is 12.0. The van der Waals surface area contributed by atoms with Crippen molar-refractivity contribution in [3.63, 3.8) is 0 Å². The third-order valence-corrected chi connectivity index (χ3v) is 11.5. The lowest BCUT2D eigenvalue weighted by Gasteiger charge is -2.19. The minimum Gasteiger partial charge on any atom is -0.299 e. The minimum atomic E-state index is 0.326. The Bertz CT molecular complexity index is 3000. The summed E-state index contributed by atoms with van der Waals surface area (Å²) in [5.41, 5.74) is 12.3. The van der Waals surface area contributed by atoms with E-state index in [4.69, 9.17) is 20.4 Å². The summed E-state index contributed by atoms with van der Waals surface area (Å²) >= 11 is 6.09. The standard InChI is InChI=1S/C47H29N5S2/c48-38-26-25-37-43(45(38)52-53)36-12-4-6-15-39(36)49-44(37)31-23-21-30(22-24-31)41-27-40(50-47(51-41)32-9-2-1-3-10-32)29-19-17-28(18-20-29)33-13-8-14-35-34-11-5-7-16-42(34)54-46(33)35/h1-27,48,53H. The smallest absolute Gasteiger partial charge is 0.160 e. The number of thiophene rings is 1. The Morgan fingerprint density at radius 3 is 1.91 bits per heavy atom. The highest BCUT2D eigenvalue weighted by Crippen LogP contribution is 2.41. The van der Waals surface area contributed by atoms with Crippen molar-refractivity contribution in [1.82, 2.24) is 15.0 Å². The highest BCUT2D eigenvalue weighted by atomic mass is 32.1. The van der Waals surface area contributed by atoms with E-state index in [-0.39, 0.29) is 0 Å². The summed E-state index contributed by atoms with van der Waals surface area (Å²) in [4.78, 5) is 15.3.